The Kier molecular flexibility index (Phi) is 12.5. The molecule has 0 unspecified atom stereocenters. The molecule has 1 N–H and O–H groups in total. The second-order valence-electron chi connectivity index (χ2n) is 17.7. The van der Waals surface area contributed by atoms with Gasteiger partial charge < -0.3 is 19.1 Å². The Hall–Kier alpha value is -4.21. The van der Waals surface area contributed by atoms with Crippen molar-refractivity contribution in [1.29, 1.82) is 0 Å². The number of Topliss-reactive ketones (excluding diaryl/α,β-unsaturated/α-hetero) is 1. The minimum atomic E-state index is -4.86. The predicted octanol–water partition coefficient (Wildman–Crippen LogP) is 7.24. The molecule has 59 heavy (non-hydrogen) atoms. The third-order valence-electron chi connectivity index (χ3n) is 12.8. The lowest BCUT2D eigenvalue weighted by molar-refractivity contribution is -0.257. The van der Waals surface area contributed by atoms with Gasteiger partial charge in [0.1, 0.15) is 17.6 Å². The molecule has 7 atom stereocenters. The highest BCUT2D eigenvalue weighted by Crippen LogP contribution is 2.58. The molecule has 0 spiro atoms. The zero-order valence-electron chi connectivity index (χ0n) is 34.6. The molecule has 3 heterocycles. The first-order valence-electron chi connectivity index (χ1n) is 20.7. The summed E-state index contributed by atoms with van der Waals surface area (Å²) in [5.41, 5.74) is -3.50. The van der Waals surface area contributed by atoms with Crippen LogP contribution >= 0.6 is 0 Å². The van der Waals surface area contributed by atoms with E-state index >= 15 is 0 Å². The Morgan fingerprint density at radius 1 is 1.07 bits per heavy atom. The first kappa shape index (κ1) is 44.3. The topological polar surface area (TPSA) is 158 Å². The van der Waals surface area contributed by atoms with Crippen LogP contribution in [-0.4, -0.2) is 83.7 Å². The molecule has 16 heteroatoms. The van der Waals surface area contributed by atoms with Crippen LogP contribution < -0.4 is 14.2 Å². The summed E-state index contributed by atoms with van der Waals surface area (Å²) in [6.45, 7) is 9.14. The Morgan fingerprint density at radius 2 is 1.78 bits per heavy atom. The summed E-state index contributed by atoms with van der Waals surface area (Å²) < 4.78 is 86.2. The molecular formula is C43H56F3N3O9S. The minimum absolute atomic E-state index is 0.00162. The quantitative estimate of drug-likeness (QED) is 0.181. The van der Waals surface area contributed by atoms with Crippen LogP contribution in [0.1, 0.15) is 106 Å². The number of esters is 1. The molecule has 2 aliphatic carbocycles. The molecular weight excluding hydrogens is 792 g/mol. The van der Waals surface area contributed by atoms with Gasteiger partial charge in [-0.15, -0.1) is 0 Å². The number of ketones is 1. The maximum Gasteiger partial charge on any atom is 0.427 e. The van der Waals surface area contributed by atoms with Crippen molar-refractivity contribution in [3.05, 3.63) is 42.6 Å². The predicted molar refractivity (Wildman–Crippen MR) is 213 cm³/mol. The Morgan fingerprint density at radius 3 is 2.44 bits per heavy atom. The summed E-state index contributed by atoms with van der Waals surface area (Å²) in [6, 6.07) is 6.04. The molecule has 324 valence electrons. The highest BCUT2D eigenvalue weighted by Gasteiger charge is 2.63. The van der Waals surface area contributed by atoms with Crippen LogP contribution in [0.5, 0.6) is 11.5 Å². The molecule has 2 saturated carbocycles. The number of fused-ring (bicyclic) bond motifs is 3. The molecule has 0 bridgehead atoms. The van der Waals surface area contributed by atoms with Crippen molar-refractivity contribution in [2.24, 2.45) is 29.1 Å². The normalized spacial score (nSPS) is 29.3. The highest BCUT2D eigenvalue weighted by molar-refractivity contribution is 7.91. The SMILES string of the molecule is CCOc1ccc2ncc(O[C@@H]3C[C@H]4C(=O)C[C@]5(C(=O)NS(=O)(=O)C6(C)CC6)C[C@H]5/C=C\CC[C@@H](C)C[C@@H](CC)[C@H](CC(=O)OC(C)(C)C(F)(F)F)C(=O)N4C3)cc2c1. The summed E-state index contributed by atoms with van der Waals surface area (Å²) in [5, 5.41) is 0.726. The summed E-state index contributed by atoms with van der Waals surface area (Å²) in [6.07, 6.45) is 1.92. The summed E-state index contributed by atoms with van der Waals surface area (Å²) in [7, 11) is -4.03. The fraction of sp³-hybridized carbons (Fsp3) is 0.651. The zero-order valence-corrected chi connectivity index (χ0v) is 35.4. The van der Waals surface area contributed by atoms with E-state index in [0.29, 0.717) is 62.1 Å². The van der Waals surface area contributed by atoms with Gasteiger partial charge in [0, 0.05) is 18.2 Å². The standard InChI is InChI=1S/C43H56F3N3O9S/c1-7-27-17-26(3)11-9-10-12-29-22-42(29,39(53)48-59(54,55)41(6)15-16-41)23-36(50)35-20-32(57-31-19-28-18-30(56-8-2)13-14-34(28)47-24-31)25-49(35)38(52)33(27)21-37(51)58-40(4,5)43(44,45)46/h10,12-14,18-19,24,26-27,29,32-33,35H,7-9,11,15-17,20-23,25H2,1-6H3,(H,48,53)/b12-10-/t26-,27-,29-,32-,33+,35+,42-/m1/s1. The number of rotatable bonds is 11. The second kappa shape index (κ2) is 16.7. The molecule has 0 radical (unpaired) electrons. The number of ether oxygens (including phenoxy) is 3. The number of benzene rings is 1. The number of carbonyl (C=O) groups excluding carboxylic acids is 4. The Bertz CT molecular complexity index is 2090. The average Bonchev–Trinajstić information content (AvgIpc) is 4.04. The number of hydrogen-bond donors (Lipinski definition) is 1. The summed E-state index contributed by atoms with van der Waals surface area (Å²) in [5.74, 6) is -4.02. The van der Waals surface area contributed by atoms with Crippen molar-refractivity contribution in [2.45, 2.75) is 134 Å². The van der Waals surface area contributed by atoms with Crippen molar-refractivity contribution < 1.29 is 55.0 Å². The number of amides is 2. The second-order valence-corrected chi connectivity index (χ2v) is 19.9. The van der Waals surface area contributed by atoms with Crippen LogP contribution in [0, 0.1) is 29.1 Å². The van der Waals surface area contributed by atoms with Gasteiger partial charge in [0.05, 0.1) is 53.4 Å². The molecule has 2 aromatic rings. The smallest absolute Gasteiger partial charge is 0.427 e. The number of alkyl halides is 3. The lowest BCUT2D eigenvalue weighted by atomic mass is 9.79. The number of hydrogen-bond acceptors (Lipinski definition) is 10. The number of halogens is 3. The molecule has 6 rings (SSSR count). The molecule has 1 saturated heterocycles. The van der Waals surface area contributed by atoms with Crippen LogP contribution in [0.15, 0.2) is 42.6 Å². The molecule has 12 nitrogen and oxygen atoms in total. The monoisotopic (exact) mass is 847 g/mol. The third-order valence-corrected chi connectivity index (χ3v) is 15.0. The molecule has 2 aliphatic heterocycles. The van der Waals surface area contributed by atoms with E-state index < -0.39 is 91.8 Å². The van der Waals surface area contributed by atoms with Gasteiger partial charge in [-0.25, -0.2) is 8.42 Å². The number of nitrogens with one attached hydrogen (secondary N) is 1. The van der Waals surface area contributed by atoms with E-state index in [0.717, 1.165) is 19.2 Å². The molecule has 1 aromatic carbocycles. The number of aromatic nitrogens is 1. The van der Waals surface area contributed by atoms with Gasteiger partial charge in [-0.2, -0.15) is 13.2 Å². The number of nitrogens with zero attached hydrogens (tertiary/aromatic N) is 2. The fourth-order valence-electron chi connectivity index (χ4n) is 8.51. The van der Waals surface area contributed by atoms with Gasteiger partial charge in [-0.3, -0.25) is 28.9 Å². The van der Waals surface area contributed by atoms with Gasteiger partial charge in [-0.05, 0) is 108 Å². The van der Waals surface area contributed by atoms with Crippen LogP contribution in [0.3, 0.4) is 0 Å². The first-order valence-corrected chi connectivity index (χ1v) is 22.1. The van der Waals surface area contributed by atoms with E-state index in [1.54, 1.807) is 19.1 Å². The largest absolute Gasteiger partial charge is 0.494 e. The van der Waals surface area contributed by atoms with Crippen LogP contribution in [0.2, 0.25) is 0 Å². The first-order chi connectivity index (χ1) is 27.6. The van der Waals surface area contributed by atoms with E-state index in [4.69, 9.17) is 14.2 Å². The Labute approximate surface area is 344 Å². The van der Waals surface area contributed by atoms with Crippen LogP contribution in [0.4, 0.5) is 13.2 Å². The number of pyridine rings is 1. The van der Waals surface area contributed by atoms with Crippen LogP contribution in [-0.2, 0) is 33.9 Å². The van der Waals surface area contributed by atoms with Gasteiger partial charge in [0.2, 0.25) is 27.4 Å². The Balaban J connectivity index is 1.35. The molecule has 4 aliphatic rings. The van der Waals surface area contributed by atoms with E-state index in [1.165, 1.54) is 11.1 Å². The lowest BCUT2D eigenvalue weighted by Crippen LogP contribution is -2.49. The van der Waals surface area contributed by atoms with Gasteiger partial charge in [0.15, 0.2) is 5.78 Å². The van der Waals surface area contributed by atoms with Crippen molar-refractivity contribution >= 4 is 44.5 Å². The molecule has 2 amide bonds. The van der Waals surface area contributed by atoms with Crippen molar-refractivity contribution in [2.75, 3.05) is 13.2 Å². The minimum Gasteiger partial charge on any atom is -0.494 e. The zero-order chi connectivity index (χ0) is 43.1. The van der Waals surface area contributed by atoms with Gasteiger partial charge >= 0.3 is 12.1 Å². The number of sulfonamides is 1. The number of carbonyl (C=O) groups is 4. The van der Waals surface area contributed by atoms with E-state index in [9.17, 15) is 40.8 Å². The molecule has 1 aromatic heterocycles. The van der Waals surface area contributed by atoms with Crippen molar-refractivity contribution in [1.82, 2.24) is 14.6 Å². The maximum atomic E-state index is 15.0. The fourth-order valence-corrected chi connectivity index (χ4v) is 9.84. The average molecular weight is 848 g/mol. The van der Waals surface area contributed by atoms with Crippen molar-refractivity contribution in [3.63, 3.8) is 0 Å². The summed E-state index contributed by atoms with van der Waals surface area (Å²) >= 11 is 0. The van der Waals surface area contributed by atoms with Gasteiger partial charge in [0.25, 0.3) is 0 Å². The van der Waals surface area contributed by atoms with Gasteiger partial charge in [-0.1, -0.05) is 32.4 Å². The maximum absolute atomic E-state index is 15.0. The lowest BCUT2D eigenvalue weighted by Gasteiger charge is -2.34. The van der Waals surface area contributed by atoms with Crippen molar-refractivity contribution in [3.8, 4) is 11.5 Å². The summed E-state index contributed by atoms with van der Waals surface area (Å²) in [4.78, 5) is 62.8. The number of allylic oxidation sites excluding steroid dienone is 2. The highest BCUT2D eigenvalue weighted by atomic mass is 32.2. The van der Waals surface area contributed by atoms with E-state index in [-0.39, 0.29) is 31.7 Å². The van der Waals surface area contributed by atoms with E-state index in [2.05, 4.69) is 9.71 Å². The van der Waals surface area contributed by atoms with Crippen LogP contribution in [0.25, 0.3) is 10.9 Å². The van der Waals surface area contributed by atoms with E-state index in [1.807, 2.05) is 45.1 Å². The third kappa shape index (κ3) is 9.57. The molecule has 3 fully saturated rings.